The highest BCUT2D eigenvalue weighted by atomic mass is 14.6. The van der Waals surface area contributed by atoms with E-state index in [-0.39, 0.29) is 12.0 Å². The van der Waals surface area contributed by atoms with Crippen LogP contribution in [0.4, 0.5) is 0 Å². The van der Waals surface area contributed by atoms with Gasteiger partial charge >= 0.3 is 0 Å². The van der Waals surface area contributed by atoms with Crippen LogP contribution in [-0.4, -0.2) is 6.04 Å². The molecular formula is C12H15N. The van der Waals surface area contributed by atoms with Crippen molar-refractivity contribution in [1.29, 1.82) is 0 Å². The first kappa shape index (κ1) is 9.83. The maximum Gasteiger partial charge on any atom is 0.0326 e. The summed E-state index contributed by atoms with van der Waals surface area (Å²) in [5.41, 5.74) is 7.16. The van der Waals surface area contributed by atoms with Crippen LogP contribution in [0.2, 0.25) is 0 Å². The molecular weight excluding hydrogens is 158 g/mol. The summed E-state index contributed by atoms with van der Waals surface area (Å²) < 4.78 is 0. The molecule has 1 rings (SSSR count). The summed E-state index contributed by atoms with van der Waals surface area (Å²) in [4.78, 5) is 0. The van der Waals surface area contributed by atoms with Gasteiger partial charge in [0.25, 0.3) is 0 Å². The number of hydrogen-bond donors (Lipinski definition) is 1. The van der Waals surface area contributed by atoms with Gasteiger partial charge in [-0.25, -0.2) is 0 Å². The summed E-state index contributed by atoms with van der Waals surface area (Å²) in [6.45, 7) is 1.98. The largest absolute Gasteiger partial charge is 0.326 e. The lowest BCUT2D eigenvalue weighted by atomic mass is 9.97. The van der Waals surface area contributed by atoms with Crippen molar-refractivity contribution in [2.24, 2.45) is 11.7 Å². The van der Waals surface area contributed by atoms with Gasteiger partial charge in [-0.15, -0.1) is 12.3 Å². The number of nitrogens with two attached hydrogens (primary N) is 1. The van der Waals surface area contributed by atoms with Crippen LogP contribution in [0.25, 0.3) is 0 Å². The number of terminal acetylenes is 1. The predicted molar refractivity (Wildman–Crippen MR) is 56.1 cm³/mol. The summed E-state index contributed by atoms with van der Waals surface area (Å²) in [6, 6.07) is 10.2. The molecule has 0 spiro atoms. The van der Waals surface area contributed by atoms with E-state index in [0.29, 0.717) is 0 Å². The molecule has 0 saturated heterocycles. The maximum absolute atomic E-state index is 5.92. The molecule has 0 bridgehead atoms. The molecule has 0 radical (unpaired) electrons. The molecule has 2 N–H and O–H groups in total. The van der Waals surface area contributed by atoms with Gasteiger partial charge in [-0.1, -0.05) is 30.3 Å². The first-order valence-electron chi connectivity index (χ1n) is 4.49. The van der Waals surface area contributed by atoms with Crippen molar-refractivity contribution in [2.75, 3.05) is 0 Å². The van der Waals surface area contributed by atoms with Gasteiger partial charge in [-0.3, -0.25) is 0 Å². The molecule has 0 amide bonds. The van der Waals surface area contributed by atoms with Crippen molar-refractivity contribution in [3.63, 3.8) is 0 Å². The molecule has 1 heteroatoms. The van der Waals surface area contributed by atoms with E-state index < -0.39 is 0 Å². The van der Waals surface area contributed by atoms with Crippen LogP contribution < -0.4 is 5.73 Å². The molecule has 13 heavy (non-hydrogen) atoms. The lowest BCUT2D eigenvalue weighted by Crippen LogP contribution is -2.29. The van der Waals surface area contributed by atoms with Crippen LogP contribution >= 0.6 is 0 Å². The van der Waals surface area contributed by atoms with E-state index in [1.807, 2.05) is 25.1 Å². The Bertz CT molecular complexity index is 284. The minimum absolute atomic E-state index is 0.0624. The highest BCUT2D eigenvalue weighted by molar-refractivity contribution is 5.16. The first-order valence-corrected chi connectivity index (χ1v) is 4.49. The molecule has 1 aromatic rings. The number of benzene rings is 1. The van der Waals surface area contributed by atoms with E-state index in [0.717, 1.165) is 6.42 Å². The van der Waals surface area contributed by atoms with E-state index in [1.54, 1.807) is 0 Å². The molecule has 0 aromatic heterocycles. The third kappa shape index (κ3) is 2.93. The van der Waals surface area contributed by atoms with Gasteiger partial charge in [0, 0.05) is 12.0 Å². The second-order valence-corrected chi connectivity index (χ2v) is 3.31. The Morgan fingerprint density at radius 1 is 1.38 bits per heavy atom. The summed E-state index contributed by atoms with van der Waals surface area (Å²) in [6.07, 6.45) is 6.15. The lowest BCUT2D eigenvalue weighted by molar-refractivity contribution is 0.551. The number of rotatable bonds is 3. The lowest BCUT2D eigenvalue weighted by Gasteiger charge is -2.14. The van der Waals surface area contributed by atoms with Crippen LogP contribution in [0.3, 0.4) is 0 Å². The zero-order valence-corrected chi connectivity index (χ0v) is 7.90. The van der Waals surface area contributed by atoms with Gasteiger partial charge in [0.2, 0.25) is 0 Å². The Morgan fingerprint density at radius 3 is 2.54 bits per heavy atom. The summed E-state index contributed by atoms with van der Waals surface area (Å²) in [5.74, 6) is 2.80. The molecule has 0 aliphatic carbocycles. The van der Waals surface area contributed by atoms with E-state index in [2.05, 4.69) is 18.1 Å². The Kier molecular flexibility index (Phi) is 3.54. The zero-order chi connectivity index (χ0) is 9.68. The topological polar surface area (TPSA) is 26.0 Å². The van der Waals surface area contributed by atoms with Crippen molar-refractivity contribution in [3.8, 4) is 12.3 Å². The van der Waals surface area contributed by atoms with Crippen molar-refractivity contribution >= 4 is 0 Å². The van der Waals surface area contributed by atoms with Gasteiger partial charge in [-0.2, -0.15) is 0 Å². The maximum atomic E-state index is 5.92. The Balaban J connectivity index is 2.56. The van der Waals surface area contributed by atoms with Crippen LogP contribution in [0, 0.1) is 18.3 Å². The van der Waals surface area contributed by atoms with E-state index in [9.17, 15) is 0 Å². The summed E-state index contributed by atoms with van der Waals surface area (Å²) in [7, 11) is 0. The van der Waals surface area contributed by atoms with E-state index in [4.69, 9.17) is 12.2 Å². The van der Waals surface area contributed by atoms with Crippen molar-refractivity contribution in [1.82, 2.24) is 0 Å². The van der Waals surface area contributed by atoms with Crippen LogP contribution in [-0.2, 0) is 6.42 Å². The molecule has 0 fully saturated rings. The quantitative estimate of drug-likeness (QED) is 0.693. The van der Waals surface area contributed by atoms with Crippen LogP contribution in [0.15, 0.2) is 30.3 Å². The van der Waals surface area contributed by atoms with Gasteiger partial charge in [0.1, 0.15) is 0 Å². The minimum Gasteiger partial charge on any atom is -0.326 e. The standard InChI is InChI=1S/C12H15N/c1-3-10(2)12(13)9-11-7-5-4-6-8-11/h1,4-8,10,12H,9,13H2,2H3. The van der Waals surface area contributed by atoms with Gasteiger partial charge in [0.05, 0.1) is 0 Å². The van der Waals surface area contributed by atoms with Crippen molar-refractivity contribution < 1.29 is 0 Å². The highest BCUT2D eigenvalue weighted by Gasteiger charge is 2.09. The molecule has 1 nitrogen and oxygen atoms in total. The van der Waals surface area contributed by atoms with Crippen LogP contribution in [0.5, 0.6) is 0 Å². The smallest absolute Gasteiger partial charge is 0.0326 e. The Labute approximate surface area is 80.0 Å². The fraction of sp³-hybridized carbons (Fsp3) is 0.333. The van der Waals surface area contributed by atoms with Gasteiger partial charge < -0.3 is 5.73 Å². The first-order chi connectivity index (χ1) is 6.24. The highest BCUT2D eigenvalue weighted by Crippen LogP contribution is 2.07. The third-order valence-electron chi connectivity index (χ3n) is 2.22. The summed E-state index contributed by atoms with van der Waals surface area (Å²) in [5, 5.41) is 0. The summed E-state index contributed by atoms with van der Waals surface area (Å²) >= 11 is 0. The average Bonchev–Trinajstić information content (AvgIpc) is 2.18. The number of hydrogen-bond acceptors (Lipinski definition) is 1. The molecule has 2 unspecified atom stereocenters. The van der Waals surface area contributed by atoms with Gasteiger partial charge in [-0.05, 0) is 18.9 Å². The Morgan fingerprint density at radius 2 is 2.00 bits per heavy atom. The van der Waals surface area contributed by atoms with E-state index in [1.165, 1.54) is 5.56 Å². The monoisotopic (exact) mass is 173 g/mol. The van der Waals surface area contributed by atoms with Crippen molar-refractivity contribution in [2.45, 2.75) is 19.4 Å². The molecule has 1 aromatic carbocycles. The Hall–Kier alpha value is -1.26. The molecule has 68 valence electrons. The zero-order valence-electron chi connectivity index (χ0n) is 7.90. The van der Waals surface area contributed by atoms with Crippen molar-refractivity contribution in [3.05, 3.63) is 35.9 Å². The molecule has 0 heterocycles. The SMILES string of the molecule is C#CC(C)C(N)Cc1ccccc1. The normalized spacial score (nSPS) is 14.5. The predicted octanol–water partition coefficient (Wildman–Crippen LogP) is 1.83. The third-order valence-corrected chi connectivity index (χ3v) is 2.22. The molecule has 2 atom stereocenters. The fourth-order valence-corrected chi connectivity index (χ4v) is 1.19. The molecule has 0 saturated carbocycles. The fourth-order valence-electron chi connectivity index (χ4n) is 1.19. The minimum atomic E-state index is 0.0624. The molecule has 0 aliphatic heterocycles. The second kappa shape index (κ2) is 4.69. The molecule has 0 aliphatic rings. The van der Waals surface area contributed by atoms with E-state index >= 15 is 0 Å². The van der Waals surface area contributed by atoms with Gasteiger partial charge in [0.15, 0.2) is 0 Å². The second-order valence-electron chi connectivity index (χ2n) is 3.31. The average molecular weight is 173 g/mol. The van der Waals surface area contributed by atoms with Crippen LogP contribution in [0.1, 0.15) is 12.5 Å².